The first kappa shape index (κ1) is 15.3. The number of carboxylic acids is 1. The Hall–Kier alpha value is -2.12. The van der Waals surface area contributed by atoms with Crippen LogP contribution in [-0.4, -0.2) is 22.1 Å². The van der Waals surface area contributed by atoms with Gasteiger partial charge < -0.3 is 15.7 Å². The highest BCUT2D eigenvalue weighted by molar-refractivity contribution is 7.09. The third-order valence-corrected chi connectivity index (χ3v) is 3.79. The van der Waals surface area contributed by atoms with E-state index in [1.165, 1.54) is 16.7 Å². The fourth-order valence-electron chi connectivity index (χ4n) is 1.53. The first-order chi connectivity index (χ1) is 10.1. The molecular formula is C13H12ClN3O3S. The Bertz CT molecular complexity index is 660. The van der Waals surface area contributed by atoms with Crippen LogP contribution >= 0.6 is 22.9 Å². The quantitative estimate of drug-likeness (QED) is 0.787. The molecule has 3 N–H and O–H groups in total. The van der Waals surface area contributed by atoms with Gasteiger partial charge in [0.25, 0.3) is 0 Å². The lowest BCUT2D eigenvalue weighted by molar-refractivity contribution is 0.0691. The minimum atomic E-state index is -1.08. The normalized spacial score (nSPS) is 10.1. The molecule has 1 aromatic heterocycles. The first-order valence-corrected chi connectivity index (χ1v) is 7.25. The number of hydrogen-bond acceptors (Lipinski definition) is 4. The van der Waals surface area contributed by atoms with Crippen molar-refractivity contribution in [2.24, 2.45) is 0 Å². The largest absolute Gasteiger partial charge is 0.476 e. The van der Waals surface area contributed by atoms with Gasteiger partial charge in [0.05, 0.1) is 6.54 Å². The number of thiazole rings is 1. The van der Waals surface area contributed by atoms with Gasteiger partial charge in [-0.1, -0.05) is 29.8 Å². The van der Waals surface area contributed by atoms with E-state index in [-0.39, 0.29) is 18.3 Å². The smallest absolute Gasteiger partial charge is 0.355 e. The molecule has 0 spiro atoms. The number of amides is 2. The third kappa shape index (κ3) is 4.44. The zero-order valence-corrected chi connectivity index (χ0v) is 12.4. The van der Waals surface area contributed by atoms with E-state index in [1.807, 2.05) is 18.2 Å². The van der Waals surface area contributed by atoms with Crippen LogP contribution in [0.5, 0.6) is 0 Å². The number of carbonyl (C=O) groups excluding carboxylic acids is 1. The first-order valence-electron chi connectivity index (χ1n) is 5.99. The number of hydrogen-bond donors (Lipinski definition) is 3. The monoisotopic (exact) mass is 325 g/mol. The molecule has 2 aromatic rings. The van der Waals surface area contributed by atoms with Gasteiger partial charge in [-0.05, 0) is 11.6 Å². The molecule has 6 nitrogen and oxygen atoms in total. The van der Waals surface area contributed by atoms with Crippen LogP contribution in [0.25, 0.3) is 0 Å². The number of benzene rings is 1. The van der Waals surface area contributed by atoms with Crippen molar-refractivity contribution in [2.45, 2.75) is 13.1 Å². The van der Waals surface area contributed by atoms with Crippen molar-refractivity contribution in [3.63, 3.8) is 0 Å². The Morgan fingerprint density at radius 1 is 1.24 bits per heavy atom. The molecule has 2 amide bonds. The topological polar surface area (TPSA) is 91.3 Å². The van der Waals surface area contributed by atoms with Crippen LogP contribution in [0.4, 0.5) is 4.79 Å². The summed E-state index contributed by atoms with van der Waals surface area (Å²) in [6.07, 6.45) is 0. The molecule has 0 fully saturated rings. The fourth-order valence-corrected chi connectivity index (χ4v) is 2.44. The zero-order valence-electron chi connectivity index (χ0n) is 10.8. The van der Waals surface area contributed by atoms with Crippen molar-refractivity contribution in [3.8, 4) is 0 Å². The molecule has 0 aliphatic heterocycles. The molecule has 1 aromatic carbocycles. The second-order valence-corrected chi connectivity index (χ2v) is 5.41. The Morgan fingerprint density at radius 2 is 1.95 bits per heavy atom. The standard InChI is InChI=1S/C13H12ClN3O3S/c14-9-4-2-1-3-8(9)5-15-13(20)16-6-11-17-10(7-21-11)12(18)19/h1-4,7H,5-6H2,(H,18,19)(H2,15,16,20). The second kappa shape index (κ2) is 7.05. The van der Waals surface area contributed by atoms with Gasteiger partial charge in [0.15, 0.2) is 5.69 Å². The van der Waals surface area contributed by atoms with E-state index >= 15 is 0 Å². The number of carbonyl (C=O) groups is 2. The lowest BCUT2D eigenvalue weighted by atomic mass is 10.2. The van der Waals surface area contributed by atoms with Gasteiger partial charge in [-0.25, -0.2) is 14.6 Å². The molecule has 0 unspecified atom stereocenters. The van der Waals surface area contributed by atoms with Crippen molar-refractivity contribution >= 4 is 34.9 Å². The van der Waals surface area contributed by atoms with Gasteiger partial charge in [-0.15, -0.1) is 11.3 Å². The fraction of sp³-hybridized carbons (Fsp3) is 0.154. The molecule has 0 atom stereocenters. The number of carboxylic acid groups (broad SMARTS) is 1. The predicted octanol–water partition coefficient (Wildman–Crippen LogP) is 2.49. The Kier molecular flexibility index (Phi) is 5.13. The molecule has 1 heterocycles. The minimum absolute atomic E-state index is 0.0201. The number of nitrogens with zero attached hydrogens (tertiary/aromatic N) is 1. The molecule has 0 bridgehead atoms. The van der Waals surface area contributed by atoms with Crippen LogP contribution in [0, 0.1) is 0 Å². The van der Waals surface area contributed by atoms with Crippen LogP contribution in [0.15, 0.2) is 29.6 Å². The van der Waals surface area contributed by atoms with E-state index in [4.69, 9.17) is 16.7 Å². The van der Waals surface area contributed by atoms with Gasteiger partial charge in [-0.2, -0.15) is 0 Å². The Balaban J connectivity index is 1.79. The molecule has 0 radical (unpaired) electrons. The van der Waals surface area contributed by atoms with Gasteiger partial charge in [0.1, 0.15) is 5.01 Å². The Morgan fingerprint density at radius 3 is 2.62 bits per heavy atom. The summed E-state index contributed by atoms with van der Waals surface area (Å²) in [7, 11) is 0. The summed E-state index contributed by atoms with van der Waals surface area (Å²) < 4.78 is 0. The maximum Gasteiger partial charge on any atom is 0.355 e. The maximum atomic E-state index is 11.6. The number of halogens is 1. The van der Waals surface area contributed by atoms with E-state index in [0.717, 1.165) is 5.56 Å². The van der Waals surface area contributed by atoms with Crippen LogP contribution in [0.1, 0.15) is 21.1 Å². The number of rotatable bonds is 5. The van der Waals surface area contributed by atoms with E-state index in [1.54, 1.807) is 6.07 Å². The molecule has 0 saturated heterocycles. The minimum Gasteiger partial charge on any atom is -0.476 e. The van der Waals surface area contributed by atoms with Crippen LogP contribution in [-0.2, 0) is 13.1 Å². The molecule has 110 valence electrons. The summed E-state index contributed by atoms with van der Waals surface area (Å²) in [6.45, 7) is 0.482. The highest BCUT2D eigenvalue weighted by Gasteiger charge is 2.09. The molecule has 8 heteroatoms. The van der Waals surface area contributed by atoms with Crippen molar-refractivity contribution in [1.82, 2.24) is 15.6 Å². The maximum absolute atomic E-state index is 11.6. The summed E-state index contributed by atoms with van der Waals surface area (Å²) in [5.41, 5.74) is 0.796. The predicted molar refractivity (Wildman–Crippen MR) is 79.6 cm³/mol. The average Bonchev–Trinajstić information content (AvgIpc) is 2.93. The van der Waals surface area contributed by atoms with Crippen LogP contribution < -0.4 is 10.6 Å². The van der Waals surface area contributed by atoms with E-state index in [0.29, 0.717) is 16.6 Å². The zero-order chi connectivity index (χ0) is 15.2. The van der Waals surface area contributed by atoms with Gasteiger partial charge in [0.2, 0.25) is 0 Å². The van der Waals surface area contributed by atoms with Crippen molar-refractivity contribution in [2.75, 3.05) is 0 Å². The highest BCUT2D eigenvalue weighted by atomic mass is 35.5. The summed E-state index contributed by atoms with van der Waals surface area (Å²) in [5, 5.41) is 16.6. The molecule has 0 aliphatic rings. The van der Waals surface area contributed by atoms with Crippen molar-refractivity contribution < 1.29 is 14.7 Å². The molecule has 0 saturated carbocycles. The number of aromatic carboxylic acids is 1. The lowest BCUT2D eigenvalue weighted by Crippen LogP contribution is -2.34. The lowest BCUT2D eigenvalue weighted by Gasteiger charge is -2.07. The van der Waals surface area contributed by atoms with Gasteiger partial charge >= 0.3 is 12.0 Å². The Labute approximate surface area is 129 Å². The number of aromatic nitrogens is 1. The van der Waals surface area contributed by atoms with Crippen molar-refractivity contribution in [3.05, 3.63) is 50.9 Å². The summed E-state index contributed by atoms with van der Waals surface area (Å²) in [4.78, 5) is 26.2. The van der Waals surface area contributed by atoms with Crippen LogP contribution in [0.3, 0.4) is 0 Å². The van der Waals surface area contributed by atoms with Crippen LogP contribution in [0.2, 0.25) is 5.02 Å². The highest BCUT2D eigenvalue weighted by Crippen LogP contribution is 2.14. The van der Waals surface area contributed by atoms with E-state index in [9.17, 15) is 9.59 Å². The summed E-state index contributed by atoms with van der Waals surface area (Å²) >= 11 is 7.16. The summed E-state index contributed by atoms with van der Waals surface area (Å²) in [6, 6.07) is 6.85. The molecule has 0 aliphatic carbocycles. The van der Waals surface area contributed by atoms with Gasteiger partial charge in [-0.3, -0.25) is 0 Å². The number of nitrogens with one attached hydrogen (secondary N) is 2. The molecular weight excluding hydrogens is 314 g/mol. The average molecular weight is 326 g/mol. The SMILES string of the molecule is O=C(NCc1nc(C(=O)O)cs1)NCc1ccccc1Cl. The number of urea groups is 1. The second-order valence-electron chi connectivity index (χ2n) is 4.06. The van der Waals surface area contributed by atoms with E-state index in [2.05, 4.69) is 15.6 Å². The van der Waals surface area contributed by atoms with Crippen molar-refractivity contribution in [1.29, 1.82) is 0 Å². The third-order valence-electron chi connectivity index (χ3n) is 2.57. The molecule has 2 rings (SSSR count). The summed E-state index contributed by atoms with van der Waals surface area (Å²) in [5.74, 6) is -1.08. The molecule has 21 heavy (non-hydrogen) atoms. The van der Waals surface area contributed by atoms with Gasteiger partial charge in [0, 0.05) is 16.9 Å². The van der Waals surface area contributed by atoms with E-state index < -0.39 is 5.97 Å².